The Morgan fingerprint density at radius 2 is 1.52 bits per heavy atom. The first kappa shape index (κ1) is 22.2. The van der Waals surface area contributed by atoms with Gasteiger partial charge in [0.2, 0.25) is 15.9 Å². The summed E-state index contributed by atoms with van der Waals surface area (Å²) in [5.74, 6) is 1.16. The highest BCUT2D eigenvalue weighted by atomic mass is 32.2. The van der Waals surface area contributed by atoms with Crippen molar-refractivity contribution in [2.75, 3.05) is 23.0 Å². The van der Waals surface area contributed by atoms with E-state index in [2.05, 4.69) is 5.32 Å². The molecule has 0 aliphatic heterocycles. The Labute approximate surface area is 182 Å². The van der Waals surface area contributed by atoms with E-state index in [1.54, 1.807) is 60.7 Å². The molecule has 0 unspecified atom stereocenters. The van der Waals surface area contributed by atoms with Crippen LogP contribution in [0, 0.1) is 0 Å². The van der Waals surface area contributed by atoms with Crippen molar-refractivity contribution in [3.05, 3.63) is 78.9 Å². The normalized spacial score (nSPS) is 12.0. The summed E-state index contributed by atoms with van der Waals surface area (Å²) in [6.07, 6.45) is 1.06. The van der Waals surface area contributed by atoms with Crippen molar-refractivity contribution in [3.63, 3.8) is 0 Å². The summed E-state index contributed by atoms with van der Waals surface area (Å²) in [5, 5.41) is 2.78. The summed E-state index contributed by atoms with van der Waals surface area (Å²) < 4.78 is 37.0. The number of anilines is 2. The highest BCUT2D eigenvalue weighted by Crippen LogP contribution is 2.30. The van der Waals surface area contributed by atoms with Crippen molar-refractivity contribution in [2.24, 2.45) is 0 Å². The molecule has 8 heteroatoms. The first-order valence-electron chi connectivity index (χ1n) is 9.56. The summed E-state index contributed by atoms with van der Waals surface area (Å²) in [6, 6.07) is 21.6. The first-order chi connectivity index (χ1) is 14.8. The van der Waals surface area contributed by atoms with Crippen LogP contribution in [0.4, 0.5) is 11.4 Å². The average Bonchev–Trinajstić information content (AvgIpc) is 2.75. The maximum atomic E-state index is 13.0. The van der Waals surface area contributed by atoms with E-state index in [4.69, 9.17) is 9.47 Å². The predicted molar refractivity (Wildman–Crippen MR) is 121 cm³/mol. The number of sulfonamides is 1. The monoisotopic (exact) mass is 440 g/mol. The van der Waals surface area contributed by atoms with Gasteiger partial charge in [0.1, 0.15) is 17.5 Å². The fourth-order valence-electron chi connectivity index (χ4n) is 3.05. The van der Waals surface area contributed by atoms with E-state index < -0.39 is 22.0 Å². The Morgan fingerprint density at radius 3 is 2.13 bits per heavy atom. The predicted octanol–water partition coefficient (Wildman–Crippen LogP) is 4.28. The van der Waals surface area contributed by atoms with E-state index >= 15 is 0 Å². The molecule has 0 fully saturated rings. The van der Waals surface area contributed by atoms with E-state index in [-0.39, 0.29) is 0 Å². The van der Waals surface area contributed by atoms with Crippen LogP contribution in [0.25, 0.3) is 0 Å². The van der Waals surface area contributed by atoms with Crippen molar-refractivity contribution in [1.82, 2.24) is 0 Å². The zero-order chi connectivity index (χ0) is 22.4. The second-order valence-electron chi connectivity index (χ2n) is 6.83. The topological polar surface area (TPSA) is 84.9 Å². The minimum absolute atomic E-state index is 0.361. The Kier molecular flexibility index (Phi) is 6.81. The fourth-order valence-corrected chi connectivity index (χ4v) is 4.22. The zero-order valence-electron chi connectivity index (χ0n) is 17.5. The van der Waals surface area contributed by atoms with Gasteiger partial charge < -0.3 is 14.8 Å². The van der Waals surface area contributed by atoms with Crippen molar-refractivity contribution >= 4 is 27.3 Å². The van der Waals surface area contributed by atoms with Gasteiger partial charge in [0.05, 0.1) is 24.7 Å². The maximum absolute atomic E-state index is 13.0. The second kappa shape index (κ2) is 9.53. The molecule has 0 bridgehead atoms. The van der Waals surface area contributed by atoms with Gasteiger partial charge in [-0.2, -0.15) is 0 Å². The molecular weight excluding hydrogens is 416 g/mol. The van der Waals surface area contributed by atoms with Crippen LogP contribution in [-0.4, -0.2) is 33.7 Å². The molecule has 1 N–H and O–H groups in total. The second-order valence-corrected chi connectivity index (χ2v) is 8.69. The van der Waals surface area contributed by atoms with Crippen LogP contribution in [0.1, 0.15) is 6.92 Å². The van der Waals surface area contributed by atoms with Gasteiger partial charge in [-0.15, -0.1) is 0 Å². The third kappa shape index (κ3) is 5.55. The maximum Gasteiger partial charge on any atom is 0.248 e. The molecule has 3 aromatic rings. The lowest BCUT2D eigenvalue weighted by Gasteiger charge is -2.28. The van der Waals surface area contributed by atoms with Crippen molar-refractivity contribution in [2.45, 2.75) is 13.0 Å². The van der Waals surface area contributed by atoms with E-state index in [0.717, 1.165) is 10.6 Å². The van der Waals surface area contributed by atoms with Gasteiger partial charge >= 0.3 is 0 Å². The minimum Gasteiger partial charge on any atom is -0.497 e. The van der Waals surface area contributed by atoms with Crippen molar-refractivity contribution < 1.29 is 22.7 Å². The van der Waals surface area contributed by atoms with Crippen LogP contribution in [0.5, 0.6) is 17.2 Å². The molecule has 7 nitrogen and oxygen atoms in total. The van der Waals surface area contributed by atoms with Crippen molar-refractivity contribution in [1.29, 1.82) is 0 Å². The lowest BCUT2D eigenvalue weighted by atomic mass is 10.2. The Morgan fingerprint density at radius 1 is 0.903 bits per heavy atom. The minimum atomic E-state index is -3.73. The summed E-state index contributed by atoms with van der Waals surface area (Å²) in [4.78, 5) is 13.0. The van der Waals surface area contributed by atoms with Gasteiger partial charge in [0.15, 0.2) is 5.75 Å². The molecule has 3 aromatic carbocycles. The molecule has 0 spiro atoms. The molecule has 1 amide bonds. The first-order valence-corrected chi connectivity index (χ1v) is 11.4. The summed E-state index contributed by atoms with van der Waals surface area (Å²) >= 11 is 0. The molecule has 162 valence electrons. The van der Waals surface area contributed by atoms with E-state index in [1.807, 2.05) is 18.2 Å². The number of benzene rings is 3. The van der Waals surface area contributed by atoms with Gasteiger partial charge in [-0.05, 0) is 55.5 Å². The number of amides is 1. The SMILES string of the molecule is COc1ccc(N([C@H](C)C(=O)Nc2ccccc2Oc2ccccc2)S(C)(=O)=O)cc1. The highest BCUT2D eigenvalue weighted by molar-refractivity contribution is 7.92. The van der Waals surface area contributed by atoms with Crippen LogP contribution in [0.15, 0.2) is 78.9 Å². The molecule has 0 aliphatic rings. The van der Waals surface area contributed by atoms with Crippen LogP contribution in [0.3, 0.4) is 0 Å². The Balaban J connectivity index is 1.84. The van der Waals surface area contributed by atoms with Gasteiger partial charge in [-0.25, -0.2) is 8.42 Å². The van der Waals surface area contributed by atoms with Gasteiger partial charge in [0.25, 0.3) is 0 Å². The largest absolute Gasteiger partial charge is 0.497 e. The summed E-state index contributed by atoms with van der Waals surface area (Å²) in [7, 11) is -2.21. The lowest BCUT2D eigenvalue weighted by Crippen LogP contribution is -2.45. The number of carbonyl (C=O) groups is 1. The van der Waals surface area contributed by atoms with Gasteiger partial charge in [0, 0.05) is 0 Å². The van der Waals surface area contributed by atoms with Gasteiger partial charge in [-0.3, -0.25) is 9.10 Å². The number of carbonyl (C=O) groups excluding carboxylic acids is 1. The number of para-hydroxylation sites is 3. The molecule has 0 aromatic heterocycles. The lowest BCUT2D eigenvalue weighted by molar-refractivity contribution is -0.116. The molecular formula is C23H24N2O5S. The third-order valence-corrected chi connectivity index (χ3v) is 5.77. The Hall–Kier alpha value is -3.52. The number of methoxy groups -OCH3 is 1. The fraction of sp³-hybridized carbons (Fsp3) is 0.174. The molecule has 0 radical (unpaired) electrons. The molecule has 0 saturated carbocycles. The quantitative estimate of drug-likeness (QED) is 0.565. The van der Waals surface area contributed by atoms with E-state index in [1.165, 1.54) is 14.0 Å². The van der Waals surface area contributed by atoms with Gasteiger partial charge in [-0.1, -0.05) is 30.3 Å². The average molecular weight is 441 g/mol. The molecule has 0 heterocycles. The number of rotatable bonds is 8. The number of nitrogens with one attached hydrogen (secondary N) is 1. The standard InChI is InChI=1S/C23H24N2O5S/c1-17(25(31(3,27)28)18-13-15-19(29-2)16-14-18)23(26)24-21-11-7-8-12-22(21)30-20-9-5-4-6-10-20/h4-17H,1-3H3,(H,24,26)/t17-/m1/s1. The molecule has 1 atom stereocenters. The summed E-state index contributed by atoms with van der Waals surface area (Å²) in [6.45, 7) is 1.53. The third-order valence-electron chi connectivity index (χ3n) is 4.53. The highest BCUT2D eigenvalue weighted by Gasteiger charge is 2.29. The molecule has 0 aliphatic carbocycles. The van der Waals surface area contributed by atoms with Crippen LogP contribution < -0.4 is 19.1 Å². The van der Waals surface area contributed by atoms with Crippen LogP contribution in [-0.2, 0) is 14.8 Å². The van der Waals surface area contributed by atoms with E-state index in [0.29, 0.717) is 28.6 Å². The molecule has 0 saturated heterocycles. The van der Waals surface area contributed by atoms with E-state index in [9.17, 15) is 13.2 Å². The molecule has 31 heavy (non-hydrogen) atoms. The van der Waals surface area contributed by atoms with Crippen LogP contribution >= 0.6 is 0 Å². The number of hydrogen-bond donors (Lipinski definition) is 1. The number of hydrogen-bond acceptors (Lipinski definition) is 5. The Bertz CT molecular complexity index is 1130. The van der Waals surface area contributed by atoms with Crippen LogP contribution in [0.2, 0.25) is 0 Å². The molecule has 3 rings (SSSR count). The smallest absolute Gasteiger partial charge is 0.248 e. The summed E-state index contributed by atoms with van der Waals surface area (Å²) in [5.41, 5.74) is 0.797. The number of nitrogens with zero attached hydrogens (tertiary/aromatic N) is 1. The van der Waals surface area contributed by atoms with Crippen molar-refractivity contribution in [3.8, 4) is 17.2 Å². The number of ether oxygens (including phenoxy) is 2. The zero-order valence-corrected chi connectivity index (χ0v) is 18.3.